The van der Waals surface area contributed by atoms with Crippen LogP contribution in [0.3, 0.4) is 0 Å². The van der Waals surface area contributed by atoms with Crippen molar-refractivity contribution >= 4 is 45.0 Å². The summed E-state index contributed by atoms with van der Waals surface area (Å²) in [5.74, 6) is 1.06. The molecule has 1 saturated heterocycles. The van der Waals surface area contributed by atoms with Gasteiger partial charge in [0, 0.05) is 22.9 Å². The van der Waals surface area contributed by atoms with Crippen molar-refractivity contribution < 1.29 is 8.42 Å². The third kappa shape index (κ3) is 4.06. The lowest BCUT2D eigenvalue weighted by molar-refractivity contribution is 0.552. The molecule has 1 heterocycles. The van der Waals surface area contributed by atoms with Crippen molar-refractivity contribution in [2.24, 2.45) is 5.73 Å². The maximum atomic E-state index is 12.5. The van der Waals surface area contributed by atoms with Crippen LogP contribution >= 0.6 is 35.0 Å². The van der Waals surface area contributed by atoms with Gasteiger partial charge in [-0.05, 0) is 43.2 Å². The molecule has 8 heteroatoms. The quantitative estimate of drug-likeness (QED) is 0.837. The van der Waals surface area contributed by atoms with Crippen LogP contribution < -0.4 is 10.5 Å². The highest BCUT2D eigenvalue weighted by Gasteiger charge is 2.31. The summed E-state index contributed by atoms with van der Waals surface area (Å²) in [5.41, 5.74) is 6.08. The Balaban J connectivity index is 2.25. The molecular formula is C13H18Cl2N2O2S2. The normalized spacial score (nSPS) is 22.7. The summed E-state index contributed by atoms with van der Waals surface area (Å²) in [5, 5.41) is 0.445. The molecule has 0 radical (unpaired) electrons. The van der Waals surface area contributed by atoms with Crippen molar-refractivity contribution in [2.45, 2.75) is 36.0 Å². The monoisotopic (exact) mass is 368 g/mol. The number of nitrogens with one attached hydrogen (secondary N) is 1. The molecule has 1 aliphatic rings. The fourth-order valence-corrected chi connectivity index (χ4v) is 5.71. The first-order valence-corrected chi connectivity index (χ1v) is 9.81. The highest BCUT2D eigenvalue weighted by molar-refractivity contribution is 8.01. The van der Waals surface area contributed by atoms with Gasteiger partial charge < -0.3 is 5.73 Å². The first kappa shape index (κ1) is 17.4. The smallest absolute Gasteiger partial charge is 0.242 e. The van der Waals surface area contributed by atoms with Gasteiger partial charge in [0.2, 0.25) is 10.0 Å². The summed E-state index contributed by atoms with van der Waals surface area (Å²) in [6.07, 6.45) is 2.11. The molecule has 118 valence electrons. The molecule has 21 heavy (non-hydrogen) atoms. The van der Waals surface area contributed by atoms with E-state index in [4.69, 9.17) is 28.9 Å². The van der Waals surface area contributed by atoms with Crippen LogP contribution in [-0.4, -0.2) is 25.5 Å². The van der Waals surface area contributed by atoms with Gasteiger partial charge in [-0.25, -0.2) is 13.1 Å². The lowest BCUT2D eigenvalue weighted by atomic mass is 10.1. The minimum atomic E-state index is -3.71. The van der Waals surface area contributed by atoms with Crippen molar-refractivity contribution in [1.82, 2.24) is 4.72 Å². The van der Waals surface area contributed by atoms with Crippen LogP contribution in [0.15, 0.2) is 17.0 Å². The Morgan fingerprint density at radius 3 is 2.71 bits per heavy atom. The Morgan fingerprint density at radius 1 is 1.43 bits per heavy atom. The number of sulfonamides is 1. The zero-order valence-corrected chi connectivity index (χ0v) is 14.8. The minimum Gasteiger partial charge on any atom is -0.326 e. The second kappa shape index (κ2) is 6.64. The number of nitrogens with two attached hydrogens (primary N) is 1. The lowest BCUT2D eigenvalue weighted by Crippen LogP contribution is -2.36. The van der Waals surface area contributed by atoms with E-state index < -0.39 is 10.0 Å². The average molecular weight is 369 g/mol. The number of benzene rings is 1. The number of thioether (sulfide) groups is 1. The van der Waals surface area contributed by atoms with Crippen LogP contribution in [0.2, 0.25) is 10.0 Å². The molecule has 3 N–H and O–H groups in total. The van der Waals surface area contributed by atoms with E-state index in [0.29, 0.717) is 17.1 Å². The van der Waals surface area contributed by atoms with Crippen LogP contribution in [0.25, 0.3) is 0 Å². The minimum absolute atomic E-state index is 0.0105. The number of halogens is 2. The van der Waals surface area contributed by atoms with E-state index in [2.05, 4.69) is 11.6 Å². The van der Waals surface area contributed by atoms with Gasteiger partial charge >= 0.3 is 0 Å². The molecule has 1 aromatic rings. The molecule has 1 aromatic carbocycles. The van der Waals surface area contributed by atoms with E-state index in [9.17, 15) is 8.42 Å². The van der Waals surface area contributed by atoms with Crippen molar-refractivity contribution in [1.29, 1.82) is 0 Å². The zero-order valence-electron chi connectivity index (χ0n) is 11.7. The second-order valence-electron chi connectivity index (χ2n) is 5.31. The fourth-order valence-electron chi connectivity index (χ4n) is 2.26. The number of hydrogen-bond acceptors (Lipinski definition) is 4. The van der Waals surface area contributed by atoms with Crippen LogP contribution in [-0.2, 0) is 16.6 Å². The molecule has 0 saturated carbocycles. The molecule has 1 aliphatic heterocycles. The summed E-state index contributed by atoms with van der Waals surface area (Å²) in [7, 11) is -3.71. The van der Waals surface area contributed by atoms with Gasteiger partial charge in [-0.15, -0.1) is 0 Å². The highest BCUT2D eigenvalue weighted by Crippen LogP contribution is 2.37. The Kier molecular flexibility index (Phi) is 5.50. The molecule has 0 aliphatic carbocycles. The van der Waals surface area contributed by atoms with E-state index in [0.717, 1.165) is 18.6 Å². The first-order valence-electron chi connectivity index (χ1n) is 6.59. The van der Waals surface area contributed by atoms with Gasteiger partial charge in [0.1, 0.15) is 4.90 Å². The Hall–Kier alpha value is 0.0200. The van der Waals surface area contributed by atoms with Gasteiger partial charge in [0.15, 0.2) is 0 Å². The van der Waals surface area contributed by atoms with Crippen LogP contribution in [0, 0.1) is 0 Å². The number of rotatable bonds is 5. The Labute approximate surface area is 139 Å². The van der Waals surface area contributed by atoms with E-state index in [-0.39, 0.29) is 21.2 Å². The van der Waals surface area contributed by atoms with Crippen LogP contribution in [0.4, 0.5) is 0 Å². The average Bonchev–Trinajstić information content (AvgIpc) is 2.86. The van der Waals surface area contributed by atoms with Gasteiger partial charge in [-0.3, -0.25) is 0 Å². The first-order chi connectivity index (χ1) is 9.77. The van der Waals surface area contributed by atoms with Gasteiger partial charge in [-0.1, -0.05) is 23.2 Å². The third-order valence-electron chi connectivity index (χ3n) is 3.53. The van der Waals surface area contributed by atoms with Gasteiger partial charge in [0.25, 0.3) is 0 Å². The largest absolute Gasteiger partial charge is 0.326 e. The predicted molar refractivity (Wildman–Crippen MR) is 89.6 cm³/mol. The van der Waals surface area contributed by atoms with E-state index in [1.165, 1.54) is 6.07 Å². The summed E-state index contributed by atoms with van der Waals surface area (Å²) < 4.78 is 27.5. The maximum absolute atomic E-state index is 12.5. The van der Waals surface area contributed by atoms with Crippen molar-refractivity contribution in [3.05, 3.63) is 27.7 Å². The van der Waals surface area contributed by atoms with Crippen LogP contribution in [0.5, 0.6) is 0 Å². The molecule has 1 unspecified atom stereocenters. The topological polar surface area (TPSA) is 72.2 Å². The molecule has 1 atom stereocenters. The van der Waals surface area contributed by atoms with E-state index >= 15 is 0 Å². The van der Waals surface area contributed by atoms with Gasteiger partial charge in [0.05, 0.1) is 5.02 Å². The maximum Gasteiger partial charge on any atom is 0.242 e. The molecule has 0 aromatic heterocycles. The molecular weight excluding hydrogens is 351 g/mol. The summed E-state index contributed by atoms with van der Waals surface area (Å²) in [6.45, 7) is 2.58. The summed E-state index contributed by atoms with van der Waals surface area (Å²) in [4.78, 5) is -0.0105. The van der Waals surface area contributed by atoms with Crippen molar-refractivity contribution in [2.75, 3.05) is 12.3 Å². The molecule has 0 amide bonds. The number of hydrogen-bond donors (Lipinski definition) is 2. The lowest BCUT2D eigenvalue weighted by Gasteiger charge is -2.23. The Morgan fingerprint density at radius 2 is 2.14 bits per heavy atom. The SMILES string of the molecule is CC1(CNS(=O)(=O)c2cc(Cl)cc(CN)c2Cl)CCCS1. The molecule has 0 bridgehead atoms. The van der Waals surface area contributed by atoms with E-state index in [1.54, 1.807) is 17.8 Å². The molecule has 0 spiro atoms. The van der Waals surface area contributed by atoms with Crippen molar-refractivity contribution in [3.8, 4) is 0 Å². The standard InChI is InChI=1S/C13H18Cl2N2O2S2/c1-13(3-2-4-20-13)8-17-21(18,19)11-6-10(14)5-9(7-16)12(11)15/h5-6,17H,2-4,7-8,16H2,1H3. The summed E-state index contributed by atoms with van der Waals surface area (Å²) >= 11 is 13.9. The second-order valence-corrected chi connectivity index (χ2v) is 9.54. The third-order valence-corrected chi connectivity index (χ3v) is 7.27. The van der Waals surface area contributed by atoms with Crippen molar-refractivity contribution in [3.63, 3.8) is 0 Å². The molecule has 1 fully saturated rings. The Bertz CT molecular complexity index is 629. The van der Waals surface area contributed by atoms with Crippen LogP contribution in [0.1, 0.15) is 25.3 Å². The molecule has 4 nitrogen and oxygen atoms in total. The fraction of sp³-hybridized carbons (Fsp3) is 0.538. The summed E-state index contributed by atoms with van der Waals surface area (Å²) in [6, 6.07) is 2.94. The zero-order chi connectivity index (χ0) is 15.7. The molecule has 2 rings (SSSR count). The predicted octanol–water partition coefficient (Wildman–Crippen LogP) is 3.02. The van der Waals surface area contributed by atoms with Gasteiger partial charge in [-0.2, -0.15) is 11.8 Å². The highest BCUT2D eigenvalue weighted by atomic mass is 35.5. The van der Waals surface area contributed by atoms with E-state index in [1.807, 2.05) is 0 Å².